The summed E-state index contributed by atoms with van der Waals surface area (Å²) < 4.78 is 0. The highest BCUT2D eigenvalue weighted by Gasteiger charge is 2.65. The maximum absolute atomic E-state index is 11.8. The van der Waals surface area contributed by atoms with Gasteiger partial charge in [0.25, 0.3) is 0 Å². The number of hydrogen-bond acceptors (Lipinski definition) is 3. The zero-order valence-electron chi connectivity index (χ0n) is 10.9. The van der Waals surface area contributed by atoms with Crippen molar-refractivity contribution < 1.29 is 19.5 Å². The normalized spacial score (nSPS) is 24.2. The first-order chi connectivity index (χ1) is 8.32. The lowest BCUT2D eigenvalue weighted by molar-refractivity contribution is -0.140. The molecule has 0 aromatic carbocycles. The van der Waals surface area contributed by atoms with Crippen LogP contribution in [0, 0.1) is 17.3 Å². The Morgan fingerprint density at radius 1 is 1.17 bits per heavy atom. The van der Waals surface area contributed by atoms with Gasteiger partial charge < -0.3 is 15.7 Å². The largest absolute Gasteiger partial charge is 0.481 e. The molecule has 6 heteroatoms. The van der Waals surface area contributed by atoms with Gasteiger partial charge in [0.1, 0.15) is 0 Å². The third kappa shape index (κ3) is 3.00. The number of carbonyl (C=O) groups excluding carboxylic acids is 2. The van der Waals surface area contributed by atoms with Crippen LogP contribution in [0.25, 0.3) is 0 Å². The summed E-state index contributed by atoms with van der Waals surface area (Å²) in [7, 11) is 0. The molecule has 0 spiro atoms. The van der Waals surface area contributed by atoms with Crippen LogP contribution in [0.1, 0.15) is 27.2 Å². The van der Waals surface area contributed by atoms with Crippen LogP contribution in [0.15, 0.2) is 0 Å². The predicted octanol–water partition coefficient (Wildman–Crippen LogP) is -0.0144. The van der Waals surface area contributed by atoms with E-state index in [1.807, 2.05) is 6.92 Å². The first-order valence-electron chi connectivity index (χ1n) is 6.09. The van der Waals surface area contributed by atoms with E-state index >= 15 is 0 Å². The number of nitrogens with one attached hydrogen (secondary N) is 2. The second-order valence-electron chi connectivity index (χ2n) is 5.18. The van der Waals surface area contributed by atoms with Gasteiger partial charge in [-0.1, -0.05) is 20.8 Å². The van der Waals surface area contributed by atoms with E-state index in [0.29, 0.717) is 6.54 Å². The zero-order chi connectivity index (χ0) is 13.9. The van der Waals surface area contributed by atoms with E-state index in [-0.39, 0.29) is 18.4 Å². The van der Waals surface area contributed by atoms with Crippen LogP contribution >= 0.6 is 0 Å². The summed E-state index contributed by atoms with van der Waals surface area (Å²) in [5, 5.41) is 14.1. The summed E-state index contributed by atoms with van der Waals surface area (Å²) in [6.45, 7) is 5.89. The first-order valence-corrected chi connectivity index (χ1v) is 6.09. The van der Waals surface area contributed by atoms with E-state index in [1.165, 1.54) is 0 Å². The molecule has 102 valence electrons. The lowest BCUT2D eigenvalue weighted by Gasteiger charge is -2.06. The van der Waals surface area contributed by atoms with Crippen molar-refractivity contribution in [3.05, 3.63) is 0 Å². The molecule has 0 bridgehead atoms. The van der Waals surface area contributed by atoms with Gasteiger partial charge in [0.05, 0.1) is 18.4 Å². The molecule has 6 nitrogen and oxygen atoms in total. The monoisotopic (exact) mass is 256 g/mol. The molecule has 1 fully saturated rings. The molecular formula is C12H20N2O4. The number of carbonyl (C=O) groups is 3. The molecule has 1 saturated carbocycles. The molecule has 0 aromatic heterocycles. The Labute approximate surface area is 106 Å². The van der Waals surface area contributed by atoms with Gasteiger partial charge >= 0.3 is 5.97 Å². The maximum atomic E-state index is 11.8. The highest BCUT2D eigenvalue weighted by atomic mass is 16.4. The third-order valence-corrected chi connectivity index (χ3v) is 3.37. The highest BCUT2D eigenvalue weighted by Crippen LogP contribution is 2.58. The minimum atomic E-state index is -0.962. The van der Waals surface area contributed by atoms with Gasteiger partial charge in [-0.3, -0.25) is 14.4 Å². The number of carboxylic acid groups (broad SMARTS) is 1. The second kappa shape index (κ2) is 5.37. The molecule has 0 aliphatic heterocycles. The van der Waals surface area contributed by atoms with Crippen molar-refractivity contribution in [2.45, 2.75) is 27.2 Å². The predicted molar refractivity (Wildman–Crippen MR) is 64.7 cm³/mol. The van der Waals surface area contributed by atoms with Crippen LogP contribution in [0.4, 0.5) is 0 Å². The lowest BCUT2D eigenvalue weighted by Crippen LogP contribution is -2.38. The van der Waals surface area contributed by atoms with Gasteiger partial charge in [-0.25, -0.2) is 0 Å². The molecule has 1 rings (SSSR count). The fourth-order valence-corrected chi connectivity index (χ4v) is 2.19. The fraction of sp³-hybridized carbons (Fsp3) is 0.750. The molecule has 18 heavy (non-hydrogen) atoms. The molecule has 0 aromatic rings. The summed E-state index contributed by atoms with van der Waals surface area (Å²) in [6, 6.07) is 0. The molecule has 0 radical (unpaired) electrons. The Kier molecular flexibility index (Phi) is 4.32. The van der Waals surface area contributed by atoms with Crippen LogP contribution in [-0.2, 0) is 14.4 Å². The van der Waals surface area contributed by atoms with E-state index < -0.39 is 23.2 Å². The zero-order valence-corrected chi connectivity index (χ0v) is 10.9. The fourth-order valence-electron chi connectivity index (χ4n) is 2.19. The molecule has 2 atom stereocenters. The van der Waals surface area contributed by atoms with Crippen LogP contribution in [-0.4, -0.2) is 36.0 Å². The van der Waals surface area contributed by atoms with Crippen LogP contribution < -0.4 is 10.6 Å². The van der Waals surface area contributed by atoms with Crippen LogP contribution in [0.3, 0.4) is 0 Å². The SMILES string of the molecule is CCCNC(=O)CNC(=O)C1C(C(=O)O)C1(C)C. The van der Waals surface area contributed by atoms with Crippen molar-refractivity contribution >= 4 is 17.8 Å². The van der Waals surface area contributed by atoms with Crippen LogP contribution in [0.2, 0.25) is 0 Å². The van der Waals surface area contributed by atoms with Gasteiger partial charge in [-0.15, -0.1) is 0 Å². The minimum absolute atomic E-state index is 0.0995. The molecule has 1 aliphatic rings. The van der Waals surface area contributed by atoms with Crippen LogP contribution in [0.5, 0.6) is 0 Å². The summed E-state index contributed by atoms with van der Waals surface area (Å²) >= 11 is 0. The van der Waals surface area contributed by atoms with Crippen molar-refractivity contribution in [3.63, 3.8) is 0 Å². The molecule has 0 saturated heterocycles. The molecular weight excluding hydrogens is 236 g/mol. The Balaban J connectivity index is 2.39. The Hall–Kier alpha value is -1.59. The quantitative estimate of drug-likeness (QED) is 0.622. The van der Waals surface area contributed by atoms with E-state index in [4.69, 9.17) is 5.11 Å². The summed E-state index contributed by atoms with van der Waals surface area (Å²) in [4.78, 5) is 34.0. The Morgan fingerprint density at radius 2 is 1.78 bits per heavy atom. The number of aliphatic carboxylic acids is 1. The summed E-state index contributed by atoms with van der Waals surface area (Å²) in [6.07, 6.45) is 0.830. The summed E-state index contributed by atoms with van der Waals surface area (Å²) in [5.74, 6) is -2.78. The Morgan fingerprint density at radius 3 is 2.22 bits per heavy atom. The first kappa shape index (κ1) is 14.5. The van der Waals surface area contributed by atoms with Gasteiger partial charge in [-0.2, -0.15) is 0 Å². The molecule has 2 amide bonds. The Bertz CT molecular complexity index is 365. The average molecular weight is 256 g/mol. The number of amides is 2. The third-order valence-electron chi connectivity index (χ3n) is 3.37. The van der Waals surface area contributed by atoms with Crippen molar-refractivity contribution in [3.8, 4) is 0 Å². The molecule has 2 unspecified atom stereocenters. The minimum Gasteiger partial charge on any atom is -0.481 e. The van der Waals surface area contributed by atoms with Crippen molar-refractivity contribution in [1.29, 1.82) is 0 Å². The van der Waals surface area contributed by atoms with Crippen molar-refractivity contribution in [1.82, 2.24) is 10.6 Å². The van der Waals surface area contributed by atoms with Crippen molar-refractivity contribution in [2.75, 3.05) is 13.1 Å². The van der Waals surface area contributed by atoms with E-state index in [9.17, 15) is 14.4 Å². The van der Waals surface area contributed by atoms with Gasteiger partial charge in [-0.05, 0) is 11.8 Å². The van der Waals surface area contributed by atoms with Gasteiger partial charge in [0, 0.05) is 6.54 Å². The summed E-state index contributed by atoms with van der Waals surface area (Å²) in [5.41, 5.74) is -0.532. The van der Waals surface area contributed by atoms with Crippen molar-refractivity contribution in [2.24, 2.45) is 17.3 Å². The van der Waals surface area contributed by atoms with Gasteiger partial charge in [0.2, 0.25) is 11.8 Å². The molecule has 3 N–H and O–H groups in total. The lowest BCUT2D eigenvalue weighted by atomic mass is 10.1. The standard InChI is InChI=1S/C12H20N2O4/c1-4-5-13-7(15)6-14-10(16)8-9(11(17)18)12(8,2)3/h8-9H,4-6H2,1-3H3,(H,13,15)(H,14,16)(H,17,18). The van der Waals surface area contributed by atoms with E-state index in [2.05, 4.69) is 10.6 Å². The average Bonchev–Trinajstić information content (AvgIpc) is 2.86. The number of carboxylic acids is 1. The maximum Gasteiger partial charge on any atom is 0.307 e. The number of hydrogen-bond donors (Lipinski definition) is 3. The number of rotatable bonds is 6. The second-order valence-corrected chi connectivity index (χ2v) is 5.18. The van der Waals surface area contributed by atoms with E-state index in [0.717, 1.165) is 6.42 Å². The smallest absolute Gasteiger partial charge is 0.307 e. The van der Waals surface area contributed by atoms with Gasteiger partial charge in [0.15, 0.2) is 0 Å². The topological polar surface area (TPSA) is 95.5 Å². The highest BCUT2D eigenvalue weighted by molar-refractivity contribution is 5.93. The van der Waals surface area contributed by atoms with E-state index in [1.54, 1.807) is 13.8 Å². The molecule has 0 heterocycles. The molecule has 1 aliphatic carbocycles.